The van der Waals surface area contributed by atoms with E-state index in [1.807, 2.05) is 13.8 Å². The number of amides is 2. The maximum Gasteiger partial charge on any atom is 0.420 e. The molecule has 25 heavy (non-hydrogen) atoms. The second-order valence-electron chi connectivity index (χ2n) is 7.02. The van der Waals surface area contributed by atoms with Crippen molar-refractivity contribution in [3.05, 3.63) is 35.9 Å². The number of fused-ring (bicyclic) bond motifs is 2. The second kappa shape index (κ2) is 5.35. The first-order valence-corrected chi connectivity index (χ1v) is 7.94. The molecule has 1 fully saturated rings. The molecule has 1 aliphatic carbocycles. The molecule has 0 unspecified atom stereocenters. The highest BCUT2D eigenvalue weighted by atomic mass is 16.5. The second-order valence-corrected chi connectivity index (χ2v) is 7.02. The summed E-state index contributed by atoms with van der Waals surface area (Å²) in [5.41, 5.74) is 0.0973. The number of methoxy groups -OCH3 is 2. The number of carbonyl (C=O) groups is 2. The van der Waals surface area contributed by atoms with E-state index >= 15 is 0 Å². The summed E-state index contributed by atoms with van der Waals surface area (Å²) in [4.78, 5) is 26.8. The Kier molecular flexibility index (Phi) is 3.64. The summed E-state index contributed by atoms with van der Waals surface area (Å²) < 4.78 is 10.1. The van der Waals surface area contributed by atoms with Gasteiger partial charge in [-0.15, -0.1) is 0 Å². The number of anilines is 1. The monoisotopic (exact) mass is 340 g/mol. The van der Waals surface area contributed by atoms with Gasteiger partial charge in [0.05, 0.1) is 37.3 Å². The number of benzene rings is 1. The lowest BCUT2D eigenvalue weighted by Gasteiger charge is -2.38. The van der Waals surface area contributed by atoms with Crippen molar-refractivity contribution in [3.8, 4) is 11.8 Å². The lowest BCUT2D eigenvalue weighted by molar-refractivity contribution is -0.126. The maximum atomic E-state index is 13.4. The number of nitrogens with zero attached hydrogens (tertiary/aromatic N) is 2. The molecule has 3 rings (SSSR count). The topological polar surface area (TPSA) is 79.6 Å². The van der Waals surface area contributed by atoms with Crippen LogP contribution in [0.2, 0.25) is 0 Å². The van der Waals surface area contributed by atoms with Crippen LogP contribution in [-0.2, 0) is 14.9 Å². The van der Waals surface area contributed by atoms with Gasteiger partial charge in [0.15, 0.2) is 0 Å². The van der Waals surface area contributed by atoms with Crippen LogP contribution in [0.25, 0.3) is 0 Å². The van der Waals surface area contributed by atoms with Gasteiger partial charge in [-0.3, -0.25) is 4.79 Å². The molecule has 6 heteroatoms. The molecular formula is C19H20N2O4. The summed E-state index contributed by atoms with van der Waals surface area (Å²) in [5.74, 6) is -0.334. The number of imide groups is 1. The first-order chi connectivity index (χ1) is 11.8. The molecule has 130 valence electrons. The third kappa shape index (κ3) is 1.89. The van der Waals surface area contributed by atoms with Crippen LogP contribution in [0.15, 0.2) is 30.4 Å². The molecule has 2 amide bonds. The van der Waals surface area contributed by atoms with Crippen LogP contribution in [0, 0.1) is 22.7 Å². The summed E-state index contributed by atoms with van der Waals surface area (Å²) in [6, 6.07) is 7.48. The standard InChI is InChI=1S/C19H20N2O4/c1-11-9-19(18(2,3)14(11)10-20)13-7-6-12(24-4)8-15(13)21(16(19)22)17(23)25-5/h6-8,14H,1,9H2,2-5H3/t14-,19-/m1/s1. The van der Waals surface area contributed by atoms with Crippen LogP contribution in [-0.4, -0.2) is 26.2 Å². The lowest BCUT2D eigenvalue weighted by Crippen LogP contribution is -2.50. The SMILES string of the molecule is C=C1C[C@@]2(C(=O)N(C(=O)OC)c3cc(OC)ccc32)C(C)(C)[C@@H]1C#N. The van der Waals surface area contributed by atoms with Gasteiger partial charge in [-0.25, -0.2) is 9.69 Å². The third-order valence-corrected chi connectivity index (χ3v) is 5.68. The minimum Gasteiger partial charge on any atom is -0.497 e. The van der Waals surface area contributed by atoms with Gasteiger partial charge >= 0.3 is 6.09 Å². The molecule has 1 aromatic rings. The van der Waals surface area contributed by atoms with Gasteiger partial charge in [0.1, 0.15) is 5.75 Å². The largest absolute Gasteiger partial charge is 0.497 e. The van der Waals surface area contributed by atoms with Gasteiger partial charge in [-0.05, 0) is 18.1 Å². The van der Waals surface area contributed by atoms with Crippen LogP contribution in [0.5, 0.6) is 5.75 Å². The van der Waals surface area contributed by atoms with Crippen molar-refractivity contribution in [2.24, 2.45) is 11.3 Å². The van der Waals surface area contributed by atoms with Crippen LogP contribution in [0.1, 0.15) is 25.8 Å². The Morgan fingerprint density at radius 1 is 1.40 bits per heavy atom. The smallest absolute Gasteiger partial charge is 0.420 e. The van der Waals surface area contributed by atoms with Crippen LogP contribution < -0.4 is 9.64 Å². The summed E-state index contributed by atoms with van der Waals surface area (Å²) >= 11 is 0. The number of ether oxygens (including phenoxy) is 2. The Labute approximate surface area is 146 Å². The number of hydrogen-bond acceptors (Lipinski definition) is 5. The summed E-state index contributed by atoms with van der Waals surface area (Å²) in [6.07, 6.45) is -0.428. The molecular weight excluding hydrogens is 320 g/mol. The van der Waals surface area contributed by atoms with Crippen molar-refractivity contribution in [2.45, 2.75) is 25.7 Å². The highest BCUT2D eigenvalue weighted by molar-refractivity contribution is 6.22. The lowest BCUT2D eigenvalue weighted by atomic mass is 9.62. The van der Waals surface area contributed by atoms with Gasteiger partial charge in [-0.2, -0.15) is 5.26 Å². The van der Waals surface area contributed by atoms with E-state index in [1.54, 1.807) is 18.2 Å². The average molecular weight is 340 g/mol. The van der Waals surface area contributed by atoms with Gasteiger partial charge in [0.25, 0.3) is 0 Å². The van der Waals surface area contributed by atoms with Gasteiger partial charge in [0.2, 0.25) is 5.91 Å². The van der Waals surface area contributed by atoms with Gasteiger partial charge in [0, 0.05) is 11.5 Å². The molecule has 0 radical (unpaired) electrons. The Balaban J connectivity index is 2.31. The first-order valence-electron chi connectivity index (χ1n) is 7.94. The van der Waals surface area contributed by atoms with E-state index in [9.17, 15) is 14.9 Å². The molecule has 1 spiro atoms. The van der Waals surface area contributed by atoms with E-state index in [0.717, 1.165) is 4.90 Å². The van der Waals surface area contributed by atoms with Crippen LogP contribution in [0.4, 0.5) is 10.5 Å². The number of rotatable bonds is 1. The molecule has 1 aromatic carbocycles. The Hall–Kier alpha value is -2.81. The molecule has 1 heterocycles. The third-order valence-electron chi connectivity index (χ3n) is 5.68. The summed E-state index contributed by atoms with van der Waals surface area (Å²) in [6.45, 7) is 7.78. The molecule has 1 aliphatic heterocycles. The minimum atomic E-state index is -1.03. The van der Waals surface area contributed by atoms with E-state index in [0.29, 0.717) is 29.0 Å². The zero-order valence-electron chi connectivity index (χ0n) is 14.8. The first kappa shape index (κ1) is 17.0. The van der Waals surface area contributed by atoms with E-state index in [4.69, 9.17) is 9.47 Å². The number of hydrogen-bond donors (Lipinski definition) is 0. The molecule has 0 N–H and O–H groups in total. The minimum absolute atomic E-state index is 0.323. The van der Waals surface area contributed by atoms with Crippen LogP contribution in [0.3, 0.4) is 0 Å². The van der Waals surface area contributed by atoms with Gasteiger partial charge < -0.3 is 9.47 Å². The predicted molar refractivity (Wildman–Crippen MR) is 91.2 cm³/mol. The van der Waals surface area contributed by atoms with Crippen molar-refractivity contribution in [3.63, 3.8) is 0 Å². The Bertz CT molecular complexity index is 836. The predicted octanol–water partition coefficient (Wildman–Crippen LogP) is 3.17. The molecule has 1 saturated carbocycles. The quantitative estimate of drug-likeness (QED) is 0.734. The molecule has 6 nitrogen and oxygen atoms in total. The number of nitriles is 1. The van der Waals surface area contributed by atoms with Crippen molar-refractivity contribution >= 4 is 17.7 Å². The fourth-order valence-corrected chi connectivity index (χ4v) is 4.35. The van der Waals surface area contributed by atoms with Crippen molar-refractivity contribution in [1.29, 1.82) is 5.26 Å². The fraction of sp³-hybridized carbons (Fsp3) is 0.421. The van der Waals surface area contributed by atoms with Crippen LogP contribution >= 0.6 is 0 Å². The molecule has 0 aromatic heterocycles. The van der Waals surface area contributed by atoms with E-state index < -0.39 is 22.8 Å². The number of carbonyl (C=O) groups excluding carboxylic acids is 2. The zero-order valence-corrected chi connectivity index (χ0v) is 14.8. The van der Waals surface area contributed by atoms with Crippen molar-refractivity contribution < 1.29 is 19.1 Å². The fourth-order valence-electron chi connectivity index (χ4n) is 4.35. The highest BCUT2D eigenvalue weighted by Crippen LogP contribution is 2.64. The van der Waals surface area contributed by atoms with E-state index in [-0.39, 0.29) is 5.91 Å². The summed E-state index contributed by atoms with van der Waals surface area (Å²) in [7, 11) is 2.75. The highest BCUT2D eigenvalue weighted by Gasteiger charge is 2.67. The van der Waals surface area contributed by atoms with E-state index in [2.05, 4.69) is 12.6 Å². The molecule has 2 atom stereocenters. The molecule has 0 saturated heterocycles. The Morgan fingerprint density at radius 2 is 2.08 bits per heavy atom. The Morgan fingerprint density at radius 3 is 2.60 bits per heavy atom. The van der Waals surface area contributed by atoms with Crippen molar-refractivity contribution in [2.75, 3.05) is 19.1 Å². The number of allylic oxidation sites excluding steroid dienone is 1. The molecule has 2 aliphatic rings. The van der Waals surface area contributed by atoms with Gasteiger partial charge in [-0.1, -0.05) is 32.1 Å². The molecule has 0 bridgehead atoms. The zero-order chi connectivity index (χ0) is 18.6. The maximum absolute atomic E-state index is 13.4. The van der Waals surface area contributed by atoms with Crippen molar-refractivity contribution in [1.82, 2.24) is 0 Å². The normalized spacial score (nSPS) is 26.5. The summed E-state index contributed by atoms with van der Waals surface area (Å²) in [5, 5.41) is 9.61. The average Bonchev–Trinajstić information content (AvgIpc) is 2.95. The van der Waals surface area contributed by atoms with E-state index in [1.165, 1.54) is 14.2 Å².